The monoisotopic (exact) mass is 175 g/mol. The Kier molecular flexibility index (Phi) is 1.49. The van der Waals surface area contributed by atoms with Gasteiger partial charge in [0.25, 0.3) is 5.88 Å². The minimum atomic E-state index is -1.43. The van der Waals surface area contributed by atoms with Crippen LogP contribution < -0.4 is 5.56 Å². The first-order valence-corrected chi connectivity index (χ1v) is 2.75. The van der Waals surface area contributed by atoms with Gasteiger partial charge in [-0.1, -0.05) is 0 Å². The zero-order valence-corrected chi connectivity index (χ0v) is 5.59. The molecule has 0 saturated carbocycles. The summed E-state index contributed by atoms with van der Waals surface area (Å²) in [6.07, 6.45) is 0. The third-order valence-electron chi connectivity index (χ3n) is 1.26. The van der Waals surface area contributed by atoms with Crippen molar-refractivity contribution in [3.8, 4) is 23.1 Å². The third-order valence-corrected chi connectivity index (χ3v) is 1.26. The van der Waals surface area contributed by atoms with Crippen LogP contribution in [-0.4, -0.2) is 30.4 Å². The average Bonchev–Trinajstić information content (AvgIpc) is 2.08. The molecular weight excluding hydrogens is 170 g/mol. The molecule has 1 aromatic rings. The van der Waals surface area contributed by atoms with E-state index in [1.165, 1.54) is 0 Å². The molecule has 0 aliphatic rings. The maximum absolute atomic E-state index is 10.6. The van der Waals surface area contributed by atoms with Crippen molar-refractivity contribution in [2.75, 3.05) is 0 Å². The number of rotatable bonds is 0. The lowest BCUT2D eigenvalue weighted by Crippen LogP contribution is -2.16. The Morgan fingerprint density at radius 3 is 1.92 bits per heavy atom. The van der Waals surface area contributed by atoms with Crippen molar-refractivity contribution >= 4 is 0 Å². The Hall–Kier alpha value is -2.05. The van der Waals surface area contributed by atoms with Crippen molar-refractivity contribution in [1.29, 1.82) is 0 Å². The summed E-state index contributed by atoms with van der Waals surface area (Å²) >= 11 is 0. The predicted molar refractivity (Wildman–Crippen MR) is 34.5 cm³/mol. The van der Waals surface area contributed by atoms with Crippen molar-refractivity contribution < 1.29 is 25.6 Å². The highest BCUT2D eigenvalue weighted by atomic mass is 16.5. The van der Waals surface area contributed by atoms with Crippen LogP contribution in [-0.2, 0) is 0 Å². The first-order chi connectivity index (χ1) is 5.46. The van der Waals surface area contributed by atoms with E-state index in [0.717, 1.165) is 0 Å². The van der Waals surface area contributed by atoms with Gasteiger partial charge in [-0.25, -0.2) is 0 Å². The van der Waals surface area contributed by atoms with Crippen LogP contribution >= 0.6 is 0 Å². The van der Waals surface area contributed by atoms with Crippen LogP contribution in [0.3, 0.4) is 0 Å². The minimum Gasteiger partial charge on any atom is -0.501 e. The summed E-state index contributed by atoms with van der Waals surface area (Å²) in [7, 11) is 0. The lowest BCUT2D eigenvalue weighted by atomic mass is 10.4. The molecule has 0 aliphatic heterocycles. The number of nitrogens with zero attached hydrogens (tertiary/aromatic N) is 1. The van der Waals surface area contributed by atoms with Gasteiger partial charge in [0, 0.05) is 0 Å². The summed E-state index contributed by atoms with van der Waals surface area (Å²) in [5, 5.41) is 43.4. The third kappa shape index (κ3) is 0.797. The van der Waals surface area contributed by atoms with Gasteiger partial charge >= 0.3 is 5.56 Å². The second-order valence-electron chi connectivity index (χ2n) is 1.99. The molecule has 0 amide bonds. The first kappa shape index (κ1) is 8.05. The highest BCUT2D eigenvalue weighted by Gasteiger charge is 2.19. The Morgan fingerprint density at radius 1 is 0.917 bits per heavy atom. The topological polar surface area (TPSA) is 123 Å². The molecule has 0 saturated heterocycles. The number of aromatic hydroxyl groups is 4. The maximum atomic E-state index is 10.6. The smallest absolute Gasteiger partial charge is 0.332 e. The highest BCUT2D eigenvalue weighted by Crippen LogP contribution is 2.37. The summed E-state index contributed by atoms with van der Waals surface area (Å²) in [6.45, 7) is 0. The molecule has 12 heavy (non-hydrogen) atoms. The molecule has 7 heteroatoms. The highest BCUT2D eigenvalue weighted by molar-refractivity contribution is 5.52. The van der Waals surface area contributed by atoms with E-state index < -0.39 is 33.4 Å². The van der Waals surface area contributed by atoms with Crippen LogP contribution in [0.2, 0.25) is 0 Å². The predicted octanol–water partition coefficient (Wildman–Crippen LogP) is -1.09. The van der Waals surface area contributed by atoms with E-state index in [0.29, 0.717) is 0 Å². The van der Waals surface area contributed by atoms with Gasteiger partial charge in [0.1, 0.15) is 0 Å². The SMILES string of the molecule is O=c1c(O)c(O)c(O)c(O)n1O. The standard InChI is InChI=1S/C5H5NO6/c7-1-2(8)4(10)6(12)5(11)3(1)9/h7-10,12H. The molecule has 1 heterocycles. The van der Waals surface area contributed by atoms with Gasteiger partial charge in [-0.3, -0.25) is 4.79 Å². The summed E-state index contributed by atoms with van der Waals surface area (Å²) in [5.41, 5.74) is -1.43. The van der Waals surface area contributed by atoms with Crippen LogP contribution in [0.15, 0.2) is 4.79 Å². The van der Waals surface area contributed by atoms with E-state index in [1.807, 2.05) is 0 Å². The molecular formula is C5H5NO6. The molecule has 1 rings (SSSR count). The lowest BCUT2D eigenvalue weighted by molar-refractivity contribution is 0.132. The van der Waals surface area contributed by atoms with E-state index in [2.05, 4.69) is 0 Å². The molecule has 0 spiro atoms. The van der Waals surface area contributed by atoms with Gasteiger partial charge in [-0.15, -0.1) is 4.73 Å². The zero-order chi connectivity index (χ0) is 9.46. The number of hydrogen-bond acceptors (Lipinski definition) is 6. The molecule has 0 atom stereocenters. The van der Waals surface area contributed by atoms with Crippen LogP contribution in [0.25, 0.3) is 0 Å². The fourth-order valence-electron chi connectivity index (χ4n) is 0.616. The van der Waals surface area contributed by atoms with E-state index >= 15 is 0 Å². The Bertz CT molecular complexity index is 348. The first-order valence-electron chi connectivity index (χ1n) is 2.75. The zero-order valence-electron chi connectivity index (χ0n) is 5.59. The number of aromatic nitrogens is 1. The van der Waals surface area contributed by atoms with Crippen molar-refractivity contribution in [1.82, 2.24) is 4.73 Å². The Labute approximate surface area is 64.9 Å². The average molecular weight is 175 g/mol. The van der Waals surface area contributed by atoms with Crippen LogP contribution in [0.1, 0.15) is 0 Å². The number of pyridine rings is 1. The molecule has 0 fully saturated rings. The minimum absolute atomic E-state index is 0.398. The molecule has 0 radical (unpaired) electrons. The quantitative estimate of drug-likeness (QED) is 0.319. The second-order valence-corrected chi connectivity index (χ2v) is 1.99. The molecule has 0 unspecified atom stereocenters. The van der Waals surface area contributed by atoms with Crippen LogP contribution in [0.5, 0.6) is 23.1 Å². The summed E-state index contributed by atoms with van der Waals surface area (Å²) in [6, 6.07) is 0. The van der Waals surface area contributed by atoms with Crippen LogP contribution in [0.4, 0.5) is 0 Å². The molecule has 66 valence electrons. The number of hydrogen-bond donors (Lipinski definition) is 5. The summed E-state index contributed by atoms with van der Waals surface area (Å²) in [4.78, 5) is 10.6. The summed E-state index contributed by atoms with van der Waals surface area (Å²) in [5.74, 6) is -4.83. The normalized spacial score (nSPS) is 10.0. The van der Waals surface area contributed by atoms with E-state index in [9.17, 15) is 4.79 Å². The lowest BCUT2D eigenvalue weighted by Gasteiger charge is -2.04. The van der Waals surface area contributed by atoms with Crippen molar-refractivity contribution in [3.05, 3.63) is 10.4 Å². The molecule has 0 aromatic carbocycles. The van der Waals surface area contributed by atoms with Gasteiger partial charge in [-0.05, 0) is 0 Å². The maximum Gasteiger partial charge on any atom is 0.332 e. The molecule has 0 aliphatic carbocycles. The van der Waals surface area contributed by atoms with Gasteiger partial charge < -0.3 is 25.6 Å². The molecule has 0 bridgehead atoms. The molecule has 1 aromatic heterocycles. The van der Waals surface area contributed by atoms with Crippen molar-refractivity contribution in [3.63, 3.8) is 0 Å². The largest absolute Gasteiger partial charge is 0.501 e. The second kappa shape index (κ2) is 2.22. The van der Waals surface area contributed by atoms with E-state index in [1.54, 1.807) is 0 Å². The Balaban J connectivity index is 3.73. The van der Waals surface area contributed by atoms with Gasteiger partial charge in [0.15, 0.2) is 0 Å². The van der Waals surface area contributed by atoms with Gasteiger partial charge in [-0.2, -0.15) is 0 Å². The molecule has 7 nitrogen and oxygen atoms in total. The Morgan fingerprint density at radius 2 is 1.42 bits per heavy atom. The van der Waals surface area contributed by atoms with Gasteiger partial charge in [0.2, 0.25) is 17.2 Å². The van der Waals surface area contributed by atoms with Crippen LogP contribution in [0, 0.1) is 0 Å². The van der Waals surface area contributed by atoms with Crippen molar-refractivity contribution in [2.24, 2.45) is 0 Å². The van der Waals surface area contributed by atoms with E-state index in [4.69, 9.17) is 25.6 Å². The fourth-order valence-corrected chi connectivity index (χ4v) is 0.616. The summed E-state index contributed by atoms with van der Waals surface area (Å²) < 4.78 is -0.398. The van der Waals surface area contributed by atoms with Gasteiger partial charge in [0.05, 0.1) is 0 Å². The van der Waals surface area contributed by atoms with Crippen molar-refractivity contribution in [2.45, 2.75) is 0 Å². The fraction of sp³-hybridized carbons (Fsp3) is 0. The molecule has 5 N–H and O–H groups in total. The van der Waals surface area contributed by atoms with E-state index in [-0.39, 0.29) is 0 Å².